The van der Waals surface area contributed by atoms with Gasteiger partial charge in [0, 0.05) is 13.3 Å². The number of carbonyl (C=O) groups excluding carboxylic acids is 1. The Morgan fingerprint density at radius 2 is 1.84 bits per heavy atom. The highest BCUT2D eigenvalue weighted by molar-refractivity contribution is 6.74. The van der Waals surface area contributed by atoms with Gasteiger partial charge in [-0.3, -0.25) is 4.79 Å². The molecule has 0 heterocycles. The first kappa shape index (κ1) is 21.2. The van der Waals surface area contributed by atoms with Crippen LogP contribution in [-0.4, -0.2) is 36.6 Å². The zero-order chi connectivity index (χ0) is 19.4. The van der Waals surface area contributed by atoms with Gasteiger partial charge in [0.1, 0.15) is 5.75 Å². The van der Waals surface area contributed by atoms with Crippen molar-refractivity contribution >= 4 is 20.3 Å². The van der Waals surface area contributed by atoms with Gasteiger partial charge in [0.15, 0.2) is 8.32 Å². The second kappa shape index (κ2) is 8.01. The zero-order valence-corrected chi connectivity index (χ0v) is 16.8. The highest BCUT2D eigenvalue weighted by Crippen LogP contribution is 2.37. The number of benzene rings is 1. The molecule has 0 bridgehead atoms. The maximum Gasteiger partial charge on any atom is 0.345 e. The average Bonchev–Trinajstić information content (AvgIpc) is 2.45. The van der Waals surface area contributed by atoms with Gasteiger partial charge in [-0.1, -0.05) is 26.8 Å². The van der Waals surface area contributed by atoms with E-state index in [-0.39, 0.29) is 17.2 Å². The predicted molar refractivity (Wildman–Crippen MR) is 97.0 cm³/mol. The van der Waals surface area contributed by atoms with Gasteiger partial charge in [-0.15, -0.1) is 0 Å². The Morgan fingerprint density at radius 1 is 1.24 bits per heavy atom. The van der Waals surface area contributed by atoms with Crippen molar-refractivity contribution in [3.63, 3.8) is 0 Å². The first-order chi connectivity index (χ1) is 11.3. The molecule has 2 N–H and O–H groups in total. The molecule has 1 aromatic rings. The number of carboxylic acids is 1. The first-order valence-corrected chi connectivity index (χ1v) is 11.1. The van der Waals surface area contributed by atoms with Crippen LogP contribution in [0.3, 0.4) is 0 Å². The second-order valence-corrected chi connectivity index (χ2v) is 12.5. The number of aliphatic carboxylic acids is 1. The van der Waals surface area contributed by atoms with Gasteiger partial charge in [-0.25, -0.2) is 4.79 Å². The molecule has 25 heavy (non-hydrogen) atoms. The number of phenols is 1. The van der Waals surface area contributed by atoms with E-state index in [1.807, 2.05) is 0 Å². The topological polar surface area (TPSA) is 93.1 Å². The number of aromatic hydroxyl groups is 1. The number of esters is 1. The molecule has 1 atom stereocenters. The molecule has 0 radical (unpaired) electrons. The lowest BCUT2D eigenvalue weighted by Gasteiger charge is -2.36. The number of carbonyl (C=O) groups is 2. The van der Waals surface area contributed by atoms with Crippen molar-refractivity contribution in [1.29, 1.82) is 0 Å². The Kier molecular flexibility index (Phi) is 6.79. The molecule has 0 aliphatic rings. The van der Waals surface area contributed by atoms with Crippen LogP contribution < -0.4 is 0 Å². The monoisotopic (exact) mass is 368 g/mol. The minimum Gasteiger partial charge on any atom is -0.508 e. The van der Waals surface area contributed by atoms with Crippen molar-refractivity contribution in [2.24, 2.45) is 0 Å². The Bertz CT molecular complexity index is 633. The molecule has 140 valence electrons. The number of hydrogen-bond acceptors (Lipinski definition) is 5. The van der Waals surface area contributed by atoms with E-state index in [0.29, 0.717) is 12.2 Å². The largest absolute Gasteiger partial charge is 0.508 e. The van der Waals surface area contributed by atoms with Crippen molar-refractivity contribution < 1.29 is 29.0 Å². The van der Waals surface area contributed by atoms with E-state index in [9.17, 15) is 14.7 Å². The molecule has 0 saturated carbocycles. The molecule has 1 aromatic carbocycles. The van der Waals surface area contributed by atoms with Gasteiger partial charge in [0.2, 0.25) is 6.10 Å². The molecule has 0 spiro atoms. The van der Waals surface area contributed by atoms with E-state index >= 15 is 0 Å². The number of phenolic OH excluding ortho intramolecular Hbond substituents is 1. The van der Waals surface area contributed by atoms with Crippen LogP contribution in [0, 0.1) is 0 Å². The lowest BCUT2D eigenvalue weighted by Crippen LogP contribution is -2.40. The summed E-state index contributed by atoms with van der Waals surface area (Å²) in [5, 5.41) is 19.2. The molecule has 0 amide bonds. The number of ether oxygens (including phenoxy) is 1. The van der Waals surface area contributed by atoms with Gasteiger partial charge >= 0.3 is 11.9 Å². The average molecular weight is 369 g/mol. The van der Waals surface area contributed by atoms with Crippen LogP contribution in [0.4, 0.5) is 0 Å². The molecule has 0 aliphatic heterocycles. The smallest absolute Gasteiger partial charge is 0.345 e. The van der Waals surface area contributed by atoms with Crippen LogP contribution in [0.5, 0.6) is 5.75 Å². The minimum absolute atomic E-state index is 0.0329. The van der Waals surface area contributed by atoms with Crippen LogP contribution in [0.15, 0.2) is 18.2 Å². The van der Waals surface area contributed by atoms with E-state index in [1.54, 1.807) is 12.1 Å². The van der Waals surface area contributed by atoms with Gasteiger partial charge in [-0.2, -0.15) is 0 Å². The Balaban J connectivity index is 2.92. The summed E-state index contributed by atoms with van der Waals surface area (Å²) in [4.78, 5) is 22.3. The highest BCUT2D eigenvalue weighted by atomic mass is 28.4. The molecular formula is C18H28O6Si. The fourth-order valence-electron chi connectivity index (χ4n) is 1.95. The Labute approximate surface area is 149 Å². The van der Waals surface area contributed by atoms with E-state index in [1.165, 1.54) is 6.07 Å². The molecule has 1 rings (SSSR count). The normalized spacial score (nSPS) is 13.4. The van der Waals surface area contributed by atoms with E-state index in [2.05, 4.69) is 33.9 Å². The fourth-order valence-corrected chi connectivity index (χ4v) is 2.91. The summed E-state index contributed by atoms with van der Waals surface area (Å²) in [6, 6.07) is 4.95. The van der Waals surface area contributed by atoms with Crippen molar-refractivity contribution in [2.45, 2.75) is 65.0 Å². The van der Waals surface area contributed by atoms with Crippen LogP contribution >= 0.6 is 0 Å². The highest BCUT2D eigenvalue weighted by Gasteiger charge is 2.37. The molecule has 6 nitrogen and oxygen atoms in total. The summed E-state index contributed by atoms with van der Waals surface area (Å²) in [7, 11) is -1.92. The van der Waals surface area contributed by atoms with Crippen LogP contribution in [0.1, 0.15) is 38.8 Å². The predicted octanol–water partition coefficient (Wildman–Crippen LogP) is 3.47. The maximum absolute atomic E-state index is 11.2. The quantitative estimate of drug-likeness (QED) is 0.565. The van der Waals surface area contributed by atoms with Crippen molar-refractivity contribution in [3.05, 3.63) is 29.3 Å². The molecule has 0 aliphatic carbocycles. The molecule has 1 unspecified atom stereocenters. The minimum atomic E-state index is -1.92. The van der Waals surface area contributed by atoms with Crippen molar-refractivity contribution in [3.8, 4) is 5.75 Å². The van der Waals surface area contributed by atoms with Crippen molar-refractivity contribution in [2.75, 3.05) is 0 Å². The lowest BCUT2D eigenvalue weighted by atomic mass is 10.0. The third-order valence-corrected chi connectivity index (χ3v) is 9.02. The van der Waals surface area contributed by atoms with Gasteiger partial charge in [0.05, 0.1) is 6.61 Å². The summed E-state index contributed by atoms with van der Waals surface area (Å²) in [6.45, 7) is 12.3. The Hall–Kier alpha value is -1.86. The third kappa shape index (κ3) is 6.17. The molecule has 7 heteroatoms. The summed E-state index contributed by atoms with van der Waals surface area (Å²) in [5.74, 6) is -1.96. The lowest BCUT2D eigenvalue weighted by molar-refractivity contribution is -0.162. The molecular weight excluding hydrogens is 340 g/mol. The fraction of sp³-hybridized carbons (Fsp3) is 0.556. The second-order valence-electron chi connectivity index (χ2n) is 7.65. The third-order valence-electron chi connectivity index (χ3n) is 4.54. The number of carboxylic acid groups (broad SMARTS) is 1. The number of hydrogen-bond donors (Lipinski definition) is 2. The summed E-state index contributed by atoms with van der Waals surface area (Å²) in [6.07, 6.45) is -1.44. The van der Waals surface area contributed by atoms with Crippen LogP contribution in [0.25, 0.3) is 0 Å². The van der Waals surface area contributed by atoms with Crippen molar-refractivity contribution in [1.82, 2.24) is 0 Å². The standard InChI is InChI=1S/C18H28O6Si/c1-12(19)24-16(17(21)22)10-14-9-13(7-8-15(14)20)11-23-25(5,6)18(2,3)4/h7-9,16,20H,10-11H2,1-6H3,(H,21,22). The summed E-state index contributed by atoms with van der Waals surface area (Å²) >= 11 is 0. The van der Waals surface area contributed by atoms with Gasteiger partial charge in [-0.05, 0) is 41.4 Å². The molecule has 0 fully saturated rings. The summed E-state index contributed by atoms with van der Waals surface area (Å²) < 4.78 is 10.9. The Morgan fingerprint density at radius 3 is 2.32 bits per heavy atom. The van der Waals surface area contributed by atoms with Crippen LogP contribution in [-0.2, 0) is 31.8 Å². The van der Waals surface area contributed by atoms with Gasteiger partial charge < -0.3 is 19.4 Å². The SMILES string of the molecule is CC(=O)OC(Cc1cc(CO[Si](C)(C)C(C)(C)C)ccc1O)C(=O)O. The van der Waals surface area contributed by atoms with E-state index in [4.69, 9.17) is 14.3 Å². The van der Waals surface area contributed by atoms with Gasteiger partial charge in [0.25, 0.3) is 0 Å². The first-order valence-electron chi connectivity index (χ1n) is 8.18. The van der Waals surface area contributed by atoms with E-state index in [0.717, 1.165) is 12.5 Å². The molecule has 0 aromatic heterocycles. The molecule has 0 saturated heterocycles. The summed E-state index contributed by atoms with van der Waals surface area (Å²) in [5.41, 5.74) is 1.24. The van der Waals surface area contributed by atoms with E-state index < -0.39 is 26.4 Å². The maximum atomic E-state index is 11.2. The number of rotatable bonds is 7. The zero-order valence-electron chi connectivity index (χ0n) is 15.8. The van der Waals surface area contributed by atoms with Crippen LogP contribution in [0.2, 0.25) is 18.1 Å².